The van der Waals surface area contributed by atoms with Gasteiger partial charge in [0.1, 0.15) is 5.75 Å². The van der Waals surface area contributed by atoms with E-state index in [1.54, 1.807) is 30.3 Å². The molecule has 4 aromatic rings. The predicted molar refractivity (Wildman–Crippen MR) is 175 cm³/mol. The van der Waals surface area contributed by atoms with Gasteiger partial charge in [-0.2, -0.15) is 13.2 Å². The fourth-order valence-electron chi connectivity index (χ4n) is 5.07. The molecule has 3 N–H and O–H groups in total. The molecule has 1 amide bonds. The van der Waals surface area contributed by atoms with Crippen molar-refractivity contribution in [1.82, 2.24) is 10.9 Å². The molecule has 12 heteroatoms. The molecule has 2 atom stereocenters. The minimum absolute atomic E-state index is 0.0235. The van der Waals surface area contributed by atoms with E-state index in [9.17, 15) is 18.0 Å². The lowest BCUT2D eigenvalue weighted by atomic mass is 9.82. The van der Waals surface area contributed by atoms with Crippen molar-refractivity contribution in [2.45, 2.75) is 37.2 Å². The van der Waals surface area contributed by atoms with E-state index in [0.29, 0.717) is 39.9 Å². The normalized spacial score (nSPS) is 17.7. The highest BCUT2D eigenvalue weighted by molar-refractivity contribution is 9.10. The molecule has 5 rings (SSSR count). The number of nitrogens with zero attached hydrogens (tertiary/aromatic N) is 1. The minimum atomic E-state index is -4.49. The van der Waals surface area contributed by atoms with Crippen LogP contribution in [-0.2, 0) is 28.7 Å². The van der Waals surface area contributed by atoms with Gasteiger partial charge in [0.15, 0.2) is 11.6 Å². The molecule has 0 bridgehead atoms. The van der Waals surface area contributed by atoms with Crippen molar-refractivity contribution in [3.8, 4) is 5.75 Å². The molecule has 0 aliphatic carbocycles. The standard InChI is InChI=1S/C34H30Br2F3N3O4/c35-28-11-3-1-8-24(28)20-33(32(44)42-40-21-22-7-5-9-25(19-22)34(37,38)39)30(27-10-2-4-12-29(27)36)46-31(41-33)23-13-15-26(16-14-23)45-18-6-17-43/h1-5,7-16,19,30,40,43H,6,17-18,20-21H2,(H,42,44)/t30-,33-/m0/s1. The summed E-state index contributed by atoms with van der Waals surface area (Å²) in [6, 6.07) is 26.9. The fourth-order valence-corrected chi connectivity index (χ4v) is 5.99. The fraction of sp³-hybridized carbons (Fsp3) is 0.235. The predicted octanol–water partition coefficient (Wildman–Crippen LogP) is 7.31. The smallest absolute Gasteiger partial charge is 0.416 e. The Morgan fingerprint density at radius 3 is 2.37 bits per heavy atom. The summed E-state index contributed by atoms with van der Waals surface area (Å²) in [5.74, 6) is 0.312. The number of amides is 1. The van der Waals surface area contributed by atoms with Crippen molar-refractivity contribution in [2.75, 3.05) is 13.2 Å². The van der Waals surface area contributed by atoms with E-state index in [1.807, 2.05) is 48.5 Å². The van der Waals surface area contributed by atoms with Gasteiger partial charge in [-0.25, -0.2) is 10.4 Å². The zero-order valence-electron chi connectivity index (χ0n) is 24.4. The molecule has 240 valence electrons. The zero-order chi connectivity index (χ0) is 32.7. The Kier molecular flexibility index (Phi) is 10.8. The van der Waals surface area contributed by atoms with E-state index < -0.39 is 29.3 Å². The first-order valence-electron chi connectivity index (χ1n) is 14.4. The van der Waals surface area contributed by atoms with E-state index in [2.05, 4.69) is 42.7 Å². The molecular weight excluding hydrogens is 731 g/mol. The maximum Gasteiger partial charge on any atom is 0.416 e. The van der Waals surface area contributed by atoms with Gasteiger partial charge in [-0.1, -0.05) is 86.5 Å². The summed E-state index contributed by atoms with van der Waals surface area (Å²) in [6.45, 7) is 0.325. The molecule has 1 heterocycles. The lowest BCUT2D eigenvalue weighted by Crippen LogP contribution is -2.53. The number of hydrogen-bond acceptors (Lipinski definition) is 6. The summed E-state index contributed by atoms with van der Waals surface area (Å²) in [5, 5.41) is 9.04. The van der Waals surface area contributed by atoms with Crippen LogP contribution in [0.25, 0.3) is 0 Å². The number of nitrogens with one attached hydrogen (secondary N) is 2. The summed E-state index contributed by atoms with van der Waals surface area (Å²) in [6.07, 6.45) is -4.75. The van der Waals surface area contributed by atoms with Crippen molar-refractivity contribution < 1.29 is 32.5 Å². The van der Waals surface area contributed by atoms with Crippen LogP contribution in [0.1, 0.15) is 40.3 Å². The zero-order valence-corrected chi connectivity index (χ0v) is 27.5. The van der Waals surface area contributed by atoms with Crippen LogP contribution in [-0.4, -0.2) is 35.7 Å². The van der Waals surface area contributed by atoms with E-state index in [-0.39, 0.29) is 25.5 Å². The van der Waals surface area contributed by atoms with Gasteiger partial charge in [0.25, 0.3) is 5.91 Å². The molecule has 1 aliphatic heterocycles. The van der Waals surface area contributed by atoms with Crippen molar-refractivity contribution in [3.63, 3.8) is 0 Å². The van der Waals surface area contributed by atoms with Crippen molar-refractivity contribution >= 4 is 43.7 Å². The third-order valence-electron chi connectivity index (χ3n) is 7.38. The summed E-state index contributed by atoms with van der Waals surface area (Å²) < 4.78 is 53.5. The van der Waals surface area contributed by atoms with Gasteiger partial charge >= 0.3 is 6.18 Å². The monoisotopic (exact) mass is 759 g/mol. The Hall–Kier alpha value is -3.71. The second-order valence-corrected chi connectivity index (χ2v) is 12.3. The average Bonchev–Trinajstić information content (AvgIpc) is 3.43. The number of carbonyl (C=O) groups excluding carboxylic acids is 1. The third-order valence-corrected chi connectivity index (χ3v) is 8.88. The van der Waals surface area contributed by atoms with Gasteiger partial charge < -0.3 is 14.6 Å². The molecule has 0 saturated carbocycles. The number of rotatable bonds is 12. The Labute approximate surface area is 281 Å². The minimum Gasteiger partial charge on any atom is -0.494 e. The molecule has 0 fully saturated rings. The summed E-state index contributed by atoms with van der Waals surface area (Å²) in [4.78, 5) is 19.3. The number of alkyl halides is 3. The Morgan fingerprint density at radius 1 is 0.957 bits per heavy atom. The summed E-state index contributed by atoms with van der Waals surface area (Å²) in [7, 11) is 0. The number of hydrazine groups is 1. The van der Waals surface area contributed by atoms with Crippen LogP contribution >= 0.6 is 31.9 Å². The number of ether oxygens (including phenoxy) is 2. The second kappa shape index (κ2) is 14.8. The molecule has 0 unspecified atom stereocenters. The van der Waals surface area contributed by atoms with Crippen LogP contribution in [0.4, 0.5) is 13.2 Å². The van der Waals surface area contributed by atoms with Crippen LogP contribution in [0.15, 0.2) is 111 Å². The molecule has 0 aromatic heterocycles. The molecule has 46 heavy (non-hydrogen) atoms. The Balaban J connectivity index is 1.51. The number of aliphatic imine (C=N–C) groups is 1. The van der Waals surface area contributed by atoms with Gasteiger partial charge in [-0.05, 0) is 53.6 Å². The van der Waals surface area contributed by atoms with E-state index >= 15 is 0 Å². The number of hydrogen-bond donors (Lipinski definition) is 3. The average molecular weight is 761 g/mol. The molecule has 7 nitrogen and oxygen atoms in total. The van der Waals surface area contributed by atoms with Gasteiger partial charge in [-0.15, -0.1) is 0 Å². The quantitative estimate of drug-likeness (QED) is 0.104. The van der Waals surface area contributed by atoms with Crippen molar-refractivity contribution in [1.29, 1.82) is 0 Å². The van der Waals surface area contributed by atoms with Crippen molar-refractivity contribution in [2.24, 2.45) is 4.99 Å². The lowest BCUT2D eigenvalue weighted by Gasteiger charge is -2.31. The second-order valence-electron chi connectivity index (χ2n) is 10.6. The largest absolute Gasteiger partial charge is 0.494 e. The van der Waals surface area contributed by atoms with Crippen LogP contribution < -0.4 is 15.6 Å². The van der Waals surface area contributed by atoms with Crippen LogP contribution in [0.2, 0.25) is 0 Å². The first-order valence-corrected chi connectivity index (χ1v) is 16.0. The first-order chi connectivity index (χ1) is 22.1. The number of aliphatic hydroxyl groups is 1. The highest BCUT2D eigenvalue weighted by Gasteiger charge is 2.54. The van der Waals surface area contributed by atoms with Crippen molar-refractivity contribution in [3.05, 3.63) is 134 Å². The van der Waals surface area contributed by atoms with Gasteiger partial charge in [0, 0.05) is 46.1 Å². The highest BCUT2D eigenvalue weighted by atomic mass is 79.9. The topological polar surface area (TPSA) is 92.2 Å². The number of aliphatic hydroxyl groups excluding tert-OH is 1. The molecule has 0 radical (unpaired) electrons. The molecular formula is C34H30Br2F3N3O4. The summed E-state index contributed by atoms with van der Waals surface area (Å²) in [5.41, 5.74) is 5.64. The third kappa shape index (κ3) is 7.80. The Morgan fingerprint density at radius 2 is 1.67 bits per heavy atom. The number of benzene rings is 4. The Bertz CT molecular complexity index is 1700. The maximum absolute atomic E-state index is 14.4. The molecule has 0 spiro atoms. The van der Waals surface area contributed by atoms with Crippen LogP contribution in [0, 0.1) is 0 Å². The maximum atomic E-state index is 14.4. The number of halogens is 5. The SMILES string of the molecule is O=C(NNCc1cccc(C(F)(F)F)c1)[C@@]1(Cc2ccccc2Br)N=C(c2ccc(OCCCO)cc2)O[C@H]1c1ccccc1Br. The molecule has 4 aromatic carbocycles. The van der Waals surface area contributed by atoms with E-state index in [1.165, 1.54) is 6.07 Å². The van der Waals surface area contributed by atoms with Gasteiger partial charge in [0.05, 0.1) is 12.2 Å². The van der Waals surface area contributed by atoms with Crippen LogP contribution in [0.5, 0.6) is 5.75 Å². The van der Waals surface area contributed by atoms with Gasteiger partial charge in [0.2, 0.25) is 5.90 Å². The lowest BCUT2D eigenvalue weighted by molar-refractivity contribution is -0.137. The van der Waals surface area contributed by atoms with E-state index in [0.717, 1.165) is 22.2 Å². The summed E-state index contributed by atoms with van der Waals surface area (Å²) >= 11 is 7.21. The first kappa shape index (κ1) is 33.6. The highest BCUT2D eigenvalue weighted by Crippen LogP contribution is 2.45. The van der Waals surface area contributed by atoms with E-state index in [4.69, 9.17) is 19.6 Å². The molecule has 0 saturated heterocycles. The molecule has 1 aliphatic rings. The van der Waals surface area contributed by atoms with Crippen LogP contribution in [0.3, 0.4) is 0 Å². The number of carbonyl (C=O) groups is 1. The van der Waals surface area contributed by atoms with Gasteiger partial charge in [-0.3, -0.25) is 10.2 Å².